The number of piperidine rings is 1. The highest BCUT2D eigenvalue weighted by molar-refractivity contribution is 5.85. The Balaban J connectivity index is 1.24. The molecule has 1 aliphatic heterocycles. The Kier molecular flexibility index (Phi) is 6.22. The first-order chi connectivity index (χ1) is 14.2. The average Bonchev–Trinajstić information content (AvgIpc) is 3.29. The van der Waals surface area contributed by atoms with Crippen molar-refractivity contribution in [3.8, 4) is 11.4 Å². The second-order valence-corrected chi connectivity index (χ2v) is 8.03. The highest BCUT2D eigenvalue weighted by Crippen LogP contribution is 2.28. The summed E-state index contributed by atoms with van der Waals surface area (Å²) in [6, 6.07) is 9.76. The number of rotatable bonds is 5. The number of amides is 2. The van der Waals surface area contributed by atoms with Gasteiger partial charge in [0.2, 0.25) is 23.5 Å². The molecule has 2 fully saturated rings. The Labute approximate surface area is 170 Å². The van der Waals surface area contributed by atoms with E-state index in [-0.39, 0.29) is 30.2 Å². The van der Waals surface area contributed by atoms with Gasteiger partial charge in [-0.05, 0) is 25.7 Å². The summed E-state index contributed by atoms with van der Waals surface area (Å²) >= 11 is 0. The second-order valence-electron chi connectivity index (χ2n) is 8.03. The molecule has 0 spiro atoms. The lowest BCUT2D eigenvalue weighted by atomic mass is 9.89. The fraction of sp³-hybridized carbons (Fsp3) is 0.545. The van der Waals surface area contributed by atoms with E-state index < -0.39 is 0 Å². The van der Waals surface area contributed by atoms with Crippen molar-refractivity contribution in [2.75, 3.05) is 19.6 Å². The molecule has 2 aromatic rings. The van der Waals surface area contributed by atoms with E-state index in [1.54, 1.807) is 0 Å². The number of benzene rings is 1. The molecule has 7 nitrogen and oxygen atoms in total. The molecule has 0 bridgehead atoms. The lowest BCUT2D eigenvalue weighted by Crippen LogP contribution is -2.45. The van der Waals surface area contributed by atoms with Gasteiger partial charge < -0.3 is 14.7 Å². The van der Waals surface area contributed by atoms with E-state index in [1.807, 2.05) is 35.2 Å². The summed E-state index contributed by atoms with van der Waals surface area (Å²) in [5.41, 5.74) is 0.934. The molecular formula is C22H28N4O3. The highest BCUT2D eigenvalue weighted by Gasteiger charge is 2.28. The third-order valence-electron chi connectivity index (χ3n) is 6.06. The fourth-order valence-corrected chi connectivity index (χ4v) is 4.26. The predicted octanol–water partition coefficient (Wildman–Crippen LogP) is 3.14. The Hall–Kier alpha value is -2.70. The van der Waals surface area contributed by atoms with Gasteiger partial charge in [0, 0.05) is 30.5 Å². The summed E-state index contributed by atoms with van der Waals surface area (Å²) in [6.45, 7) is 1.39. The first kappa shape index (κ1) is 19.6. The van der Waals surface area contributed by atoms with Gasteiger partial charge in [-0.15, -0.1) is 0 Å². The van der Waals surface area contributed by atoms with Crippen LogP contribution in [0.25, 0.3) is 11.4 Å². The molecular weight excluding hydrogens is 368 g/mol. The van der Waals surface area contributed by atoms with Crippen LogP contribution < -0.4 is 5.32 Å². The van der Waals surface area contributed by atoms with E-state index in [9.17, 15) is 9.59 Å². The maximum absolute atomic E-state index is 12.5. The predicted molar refractivity (Wildman–Crippen MR) is 108 cm³/mol. The van der Waals surface area contributed by atoms with Crippen molar-refractivity contribution < 1.29 is 14.1 Å². The van der Waals surface area contributed by atoms with Gasteiger partial charge in [0.15, 0.2) is 0 Å². The second kappa shape index (κ2) is 9.20. The third-order valence-corrected chi connectivity index (χ3v) is 6.06. The topological polar surface area (TPSA) is 88.3 Å². The van der Waals surface area contributed by atoms with Gasteiger partial charge in [0.25, 0.3) is 0 Å². The van der Waals surface area contributed by atoms with Gasteiger partial charge in [-0.3, -0.25) is 9.59 Å². The van der Waals surface area contributed by atoms with Gasteiger partial charge in [-0.1, -0.05) is 54.8 Å². The number of nitrogens with zero attached hydrogens (tertiary/aromatic N) is 3. The molecule has 0 radical (unpaired) electrons. The summed E-state index contributed by atoms with van der Waals surface area (Å²) in [5.74, 6) is 1.51. The SMILES string of the molecule is O=C(NCC(=O)N1CCC(c2nc(-c3ccccc3)no2)CC1)C1CCCCC1. The van der Waals surface area contributed by atoms with Gasteiger partial charge in [0.05, 0.1) is 6.54 Å². The molecule has 29 heavy (non-hydrogen) atoms. The smallest absolute Gasteiger partial charge is 0.241 e. The van der Waals surface area contributed by atoms with Crippen molar-refractivity contribution in [1.29, 1.82) is 0 Å². The van der Waals surface area contributed by atoms with Gasteiger partial charge in [-0.2, -0.15) is 4.98 Å². The minimum Gasteiger partial charge on any atom is -0.347 e. The van der Waals surface area contributed by atoms with Crippen LogP contribution in [0.3, 0.4) is 0 Å². The zero-order valence-corrected chi connectivity index (χ0v) is 16.7. The van der Waals surface area contributed by atoms with Crippen LogP contribution in [-0.4, -0.2) is 46.5 Å². The van der Waals surface area contributed by atoms with Crippen LogP contribution in [0.4, 0.5) is 0 Å². The average molecular weight is 396 g/mol. The third kappa shape index (κ3) is 4.83. The molecule has 2 amide bonds. The van der Waals surface area contributed by atoms with E-state index >= 15 is 0 Å². The summed E-state index contributed by atoms with van der Waals surface area (Å²) in [5, 5.41) is 6.94. The van der Waals surface area contributed by atoms with Crippen LogP contribution in [0.15, 0.2) is 34.9 Å². The Morgan fingerprint density at radius 3 is 2.48 bits per heavy atom. The molecule has 1 saturated carbocycles. The number of aromatic nitrogens is 2. The molecule has 1 aromatic carbocycles. The quantitative estimate of drug-likeness (QED) is 0.839. The molecule has 4 rings (SSSR count). The van der Waals surface area contributed by atoms with Crippen molar-refractivity contribution in [2.45, 2.75) is 50.9 Å². The fourth-order valence-electron chi connectivity index (χ4n) is 4.26. The lowest BCUT2D eigenvalue weighted by Gasteiger charge is -2.30. The number of carbonyl (C=O) groups is 2. The van der Waals surface area contributed by atoms with Gasteiger partial charge >= 0.3 is 0 Å². The van der Waals surface area contributed by atoms with E-state index in [0.717, 1.165) is 44.1 Å². The molecule has 7 heteroatoms. The lowest BCUT2D eigenvalue weighted by molar-refractivity contribution is -0.135. The van der Waals surface area contributed by atoms with E-state index in [2.05, 4.69) is 15.5 Å². The number of nitrogens with one attached hydrogen (secondary N) is 1. The molecule has 1 saturated heterocycles. The van der Waals surface area contributed by atoms with Crippen LogP contribution in [0.1, 0.15) is 56.8 Å². The van der Waals surface area contributed by atoms with Crippen molar-refractivity contribution in [3.63, 3.8) is 0 Å². The largest absolute Gasteiger partial charge is 0.347 e. The van der Waals surface area contributed by atoms with Crippen molar-refractivity contribution >= 4 is 11.8 Å². The minimum absolute atomic E-state index is 0.0110. The molecule has 154 valence electrons. The van der Waals surface area contributed by atoms with Crippen LogP contribution in [0.2, 0.25) is 0 Å². The zero-order chi connectivity index (χ0) is 20.1. The molecule has 1 N–H and O–H groups in total. The minimum atomic E-state index is -0.0110. The number of hydrogen-bond donors (Lipinski definition) is 1. The maximum atomic E-state index is 12.5. The van der Waals surface area contributed by atoms with Gasteiger partial charge in [0.1, 0.15) is 0 Å². The monoisotopic (exact) mass is 396 g/mol. The molecule has 1 aromatic heterocycles. The van der Waals surface area contributed by atoms with Crippen LogP contribution >= 0.6 is 0 Å². The molecule has 0 unspecified atom stereocenters. The molecule has 1 aliphatic carbocycles. The Morgan fingerprint density at radius 1 is 1.03 bits per heavy atom. The summed E-state index contributed by atoms with van der Waals surface area (Å²) < 4.78 is 5.48. The van der Waals surface area contributed by atoms with Crippen molar-refractivity contribution in [1.82, 2.24) is 20.4 Å². The van der Waals surface area contributed by atoms with E-state index in [0.29, 0.717) is 24.8 Å². The van der Waals surface area contributed by atoms with E-state index in [1.165, 1.54) is 6.42 Å². The Morgan fingerprint density at radius 2 is 1.76 bits per heavy atom. The zero-order valence-electron chi connectivity index (χ0n) is 16.7. The highest BCUT2D eigenvalue weighted by atomic mass is 16.5. The van der Waals surface area contributed by atoms with Crippen LogP contribution in [0, 0.1) is 5.92 Å². The Bertz CT molecular complexity index is 822. The van der Waals surface area contributed by atoms with Crippen LogP contribution in [-0.2, 0) is 9.59 Å². The number of likely N-dealkylation sites (tertiary alicyclic amines) is 1. The molecule has 0 atom stereocenters. The van der Waals surface area contributed by atoms with Crippen molar-refractivity contribution in [3.05, 3.63) is 36.2 Å². The first-order valence-electron chi connectivity index (χ1n) is 10.6. The van der Waals surface area contributed by atoms with Gasteiger partial charge in [-0.25, -0.2) is 0 Å². The van der Waals surface area contributed by atoms with Crippen molar-refractivity contribution in [2.24, 2.45) is 5.92 Å². The number of carbonyl (C=O) groups excluding carboxylic acids is 2. The summed E-state index contributed by atoms with van der Waals surface area (Å²) in [6.07, 6.45) is 6.91. The summed E-state index contributed by atoms with van der Waals surface area (Å²) in [4.78, 5) is 31.1. The normalized spacial score (nSPS) is 18.6. The standard InChI is InChI=1S/C22H28N4O3/c27-19(15-23-21(28)17-9-5-2-6-10-17)26-13-11-18(12-14-26)22-24-20(25-29-22)16-7-3-1-4-8-16/h1,3-4,7-8,17-18H,2,5-6,9-15H2,(H,23,28). The number of hydrogen-bond acceptors (Lipinski definition) is 5. The first-order valence-corrected chi connectivity index (χ1v) is 10.6. The maximum Gasteiger partial charge on any atom is 0.241 e. The summed E-state index contributed by atoms with van der Waals surface area (Å²) in [7, 11) is 0. The molecule has 2 heterocycles. The van der Waals surface area contributed by atoms with E-state index in [4.69, 9.17) is 4.52 Å². The molecule has 2 aliphatic rings. The van der Waals surface area contributed by atoms with Crippen LogP contribution in [0.5, 0.6) is 0 Å².